The summed E-state index contributed by atoms with van der Waals surface area (Å²) >= 11 is 0. The summed E-state index contributed by atoms with van der Waals surface area (Å²) in [6.45, 7) is 1.41. The summed E-state index contributed by atoms with van der Waals surface area (Å²) in [7, 11) is 3.57. The van der Waals surface area contributed by atoms with Gasteiger partial charge in [0.2, 0.25) is 0 Å². The van der Waals surface area contributed by atoms with Crippen molar-refractivity contribution in [2.24, 2.45) is 0 Å². The standard InChI is InChI=1S/C15H18N4O/c1-18(2)15(20)19-8-5-11(6-9-19)12-10-17-13-4-3-7-16-14(12)13/h3-5,7,10,17H,6,8-9H2,1-2H3. The third kappa shape index (κ3) is 2.15. The average Bonchev–Trinajstić information content (AvgIpc) is 2.90. The predicted octanol–water partition coefficient (Wildman–Crippen LogP) is 2.33. The normalized spacial score (nSPS) is 15.3. The van der Waals surface area contributed by atoms with Gasteiger partial charge in [0, 0.05) is 45.1 Å². The Labute approximate surface area is 117 Å². The van der Waals surface area contributed by atoms with Gasteiger partial charge in [0.15, 0.2) is 0 Å². The minimum absolute atomic E-state index is 0.0670. The average molecular weight is 270 g/mol. The summed E-state index contributed by atoms with van der Waals surface area (Å²) in [5.41, 5.74) is 4.47. The van der Waals surface area contributed by atoms with E-state index in [1.54, 1.807) is 19.0 Å². The number of pyridine rings is 1. The van der Waals surface area contributed by atoms with E-state index in [1.807, 2.05) is 29.4 Å². The number of hydrogen-bond donors (Lipinski definition) is 1. The van der Waals surface area contributed by atoms with Gasteiger partial charge >= 0.3 is 6.03 Å². The van der Waals surface area contributed by atoms with E-state index in [-0.39, 0.29) is 6.03 Å². The van der Waals surface area contributed by atoms with Crippen LogP contribution in [0.5, 0.6) is 0 Å². The monoisotopic (exact) mass is 270 g/mol. The second-order valence-electron chi connectivity index (χ2n) is 5.20. The van der Waals surface area contributed by atoms with E-state index in [2.05, 4.69) is 16.0 Å². The number of nitrogens with zero attached hydrogens (tertiary/aromatic N) is 3. The maximum absolute atomic E-state index is 11.9. The van der Waals surface area contributed by atoms with Crippen molar-refractivity contribution in [3.8, 4) is 0 Å². The Morgan fingerprint density at radius 2 is 2.30 bits per heavy atom. The van der Waals surface area contributed by atoms with Crippen molar-refractivity contribution < 1.29 is 4.79 Å². The number of hydrogen-bond acceptors (Lipinski definition) is 2. The van der Waals surface area contributed by atoms with E-state index in [9.17, 15) is 4.79 Å². The topological polar surface area (TPSA) is 52.2 Å². The molecule has 3 heterocycles. The van der Waals surface area contributed by atoms with E-state index >= 15 is 0 Å². The van der Waals surface area contributed by atoms with Crippen LogP contribution in [0.3, 0.4) is 0 Å². The van der Waals surface area contributed by atoms with Crippen LogP contribution in [0.1, 0.15) is 12.0 Å². The maximum atomic E-state index is 11.9. The molecule has 104 valence electrons. The molecule has 2 aromatic rings. The maximum Gasteiger partial charge on any atom is 0.319 e. The van der Waals surface area contributed by atoms with E-state index in [0.29, 0.717) is 6.54 Å². The lowest BCUT2D eigenvalue weighted by atomic mass is 10.0. The minimum Gasteiger partial charge on any atom is -0.359 e. The molecule has 0 spiro atoms. The molecule has 3 rings (SSSR count). The molecule has 0 unspecified atom stereocenters. The second-order valence-corrected chi connectivity index (χ2v) is 5.20. The van der Waals surface area contributed by atoms with Crippen molar-refractivity contribution in [1.29, 1.82) is 0 Å². The van der Waals surface area contributed by atoms with Crippen LogP contribution >= 0.6 is 0 Å². The molecule has 20 heavy (non-hydrogen) atoms. The zero-order chi connectivity index (χ0) is 14.1. The SMILES string of the molecule is CN(C)C(=O)N1CC=C(c2c[nH]c3cccnc23)CC1. The first kappa shape index (κ1) is 12.7. The first-order valence-electron chi connectivity index (χ1n) is 6.74. The first-order valence-corrected chi connectivity index (χ1v) is 6.74. The second kappa shape index (κ2) is 5.00. The van der Waals surface area contributed by atoms with Crippen molar-refractivity contribution in [3.05, 3.63) is 36.2 Å². The molecule has 0 saturated carbocycles. The third-order valence-corrected chi connectivity index (χ3v) is 3.64. The third-order valence-electron chi connectivity index (χ3n) is 3.64. The molecule has 0 aromatic carbocycles. The van der Waals surface area contributed by atoms with Crippen LogP contribution in [-0.2, 0) is 0 Å². The van der Waals surface area contributed by atoms with Gasteiger partial charge in [-0.1, -0.05) is 6.08 Å². The molecule has 0 radical (unpaired) electrons. The molecular weight excluding hydrogens is 252 g/mol. The Hall–Kier alpha value is -2.30. The van der Waals surface area contributed by atoms with Gasteiger partial charge in [-0.05, 0) is 24.1 Å². The Morgan fingerprint density at radius 3 is 3.00 bits per heavy atom. The Balaban J connectivity index is 1.85. The molecule has 5 nitrogen and oxygen atoms in total. The number of nitrogens with one attached hydrogen (secondary N) is 1. The number of fused-ring (bicyclic) bond motifs is 1. The minimum atomic E-state index is 0.0670. The van der Waals surface area contributed by atoms with Crippen LogP contribution in [0.25, 0.3) is 16.6 Å². The molecular formula is C15H18N4O. The fourth-order valence-electron chi connectivity index (χ4n) is 2.57. The van der Waals surface area contributed by atoms with Gasteiger partial charge < -0.3 is 14.8 Å². The summed E-state index contributed by atoms with van der Waals surface area (Å²) in [4.78, 5) is 23.1. The van der Waals surface area contributed by atoms with Crippen molar-refractivity contribution >= 4 is 22.6 Å². The molecule has 5 heteroatoms. The molecule has 0 atom stereocenters. The number of urea groups is 1. The number of rotatable bonds is 1. The number of carbonyl (C=O) groups is 1. The Bertz CT molecular complexity index is 671. The fourth-order valence-corrected chi connectivity index (χ4v) is 2.57. The Morgan fingerprint density at radius 1 is 1.45 bits per heavy atom. The molecule has 0 bridgehead atoms. The van der Waals surface area contributed by atoms with Crippen LogP contribution in [-0.4, -0.2) is 53.0 Å². The number of carbonyl (C=O) groups excluding carboxylic acids is 1. The molecule has 0 saturated heterocycles. The van der Waals surface area contributed by atoms with E-state index in [0.717, 1.165) is 29.6 Å². The highest BCUT2D eigenvalue weighted by Crippen LogP contribution is 2.27. The van der Waals surface area contributed by atoms with Crippen molar-refractivity contribution in [2.75, 3.05) is 27.2 Å². The molecule has 0 aliphatic carbocycles. The quantitative estimate of drug-likeness (QED) is 0.864. The molecule has 2 amide bonds. The number of aromatic amines is 1. The lowest BCUT2D eigenvalue weighted by Crippen LogP contribution is -2.41. The summed E-state index contributed by atoms with van der Waals surface area (Å²) in [6.07, 6.45) is 6.81. The highest BCUT2D eigenvalue weighted by atomic mass is 16.2. The van der Waals surface area contributed by atoms with Crippen LogP contribution in [0.2, 0.25) is 0 Å². The summed E-state index contributed by atoms with van der Waals surface area (Å²) in [5, 5.41) is 0. The van der Waals surface area contributed by atoms with Crippen molar-refractivity contribution in [3.63, 3.8) is 0 Å². The number of H-pyrrole nitrogens is 1. The Kier molecular flexibility index (Phi) is 3.18. The lowest BCUT2D eigenvalue weighted by molar-refractivity contribution is 0.176. The zero-order valence-corrected chi connectivity index (χ0v) is 11.8. The fraction of sp³-hybridized carbons (Fsp3) is 0.333. The highest BCUT2D eigenvalue weighted by Gasteiger charge is 2.20. The molecule has 1 N–H and O–H groups in total. The predicted molar refractivity (Wildman–Crippen MR) is 79.3 cm³/mol. The summed E-state index contributed by atoms with van der Waals surface area (Å²) in [6, 6.07) is 4.02. The lowest BCUT2D eigenvalue weighted by Gasteiger charge is -2.28. The smallest absolute Gasteiger partial charge is 0.319 e. The van der Waals surface area contributed by atoms with Crippen LogP contribution < -0.4 is 0 Å². The van der Waals surface area contributed by atoms with Crippen LogP contribution in [0.4, 0.5) is 4.79 Å². The van der Waals surface area contributed by atoms with Gasteiger partial charge in [-0.25, -0.2) is 4.79 Å². The van der Waals surface area contributed by atoms with Crippen molar-refractivity contribution in [1.82, 2.24) is 19.8 Å². The van der Waals surface area contributed by atoms with Crippen LogP contribution in [0.15, 0.2) is 30.6 Å². The van der Waals surface area contributed by atoms with Gasteiger partial charge in [0.1, 0.15) is 0 Å². The molecule has 1 aliphatic rings. The van der Waals surface area contributed by atoms with Crippen LogP contribution in [0, 0.1) is 0 Å². The summed E-state index contributed by atoms with van der Waals surface area (Å²) < 4.78 is 0. The van der Waals surface area contributed by atoms with Gasteiger partial charge in [0.25, 0.3) is 0 Å². The number of aromatic nitrogens is 2. The van der Waals surface area contributed by atoms with Gasteiger partial charge in [-0.2, -0.15) is 0 Å². The van der Waals surface area contributed by atoms with Crippen molar-refractivity contribution in [2.45, 2.75) is 6.42 Å². The molecule has 2 aromatic heterocycles. The van der Waals surface area contributed by atoms with E-state index in [1.165, 1.54) is 5.57 Å². The van der Waals surface area contributed by atoms with E-state index < -0.39 is 0 Å². The summed E-state index contributed by atoms with van der Waals surface area (Å²) in [5.74, 6) is 0. The molecule has 1 aliphatic heterocycles. The van der Waals surface area contributed by atoms with Gasteiger partial charge in [-0.3, -0.25) is 4.98 Å². The van der Waals surface area contributed by atoms with Gasteiger partial charge in [0.05, 0.1) is 11.0 Å². The highest BCUT2D eigenvalue weighted by molar-refractivity contribution is 5.90. The first-order chi connectivity index (χ1) is 9.66. The number of amides is 2. The van der Waals surface area contributed by atoms with Gasteiger partial charge in [-0.15, -0.1) is 0 Å². The largest absolute Gasteiger partial charge is 0.359 e. The van der Waals surface area contributed by atoms with E-state index in [4.69, 9.17) is 0 Å². The molecule has 0 fully saturated rings. The zero-order valence-electron chi connectivity index (χ0n) is 11.8.